The Morgan fingerprint density at radius 3 is 2.67 bits per heavy atom. The third-order valence-corrected chi connectivity index (χ3v) is 8.88. The molecule has 2 aliphatic rings. The molecule has 11 heteroatoms. The van der Waals surface area contributed by atoms with Crippen molar-refractivity contribution in [3.05, 3.63) is 87.0 Å². The minimum Gasteiger partial charge on any atom is -0.473 e. The van der Waals surface area contributed by atoms with Crippen LogP contribution in [-0.4, -0.2) is 57.5 Å². The number of halogens is 2. The van der Waals surface area contributed by atoms with Crippen LogP contribution in [0.1, 0.15) is 59.7 Å². The maximum Gasteiger partial charge on any atom is 0.213 e. The first-order valence-electron chi connectivity index (χ1n) is 14.4. The number of hydrogen-bond acceptors (Lipinski definition) is 8. The summed E-state index contributed by atoms with van der Waals surface area (Å²) < 4.78 is 34.0. The van der Waals surface area contributed by atoms with Crippen LogP contribution in [-0.2, 0) is 29.2 Å². The number of methoxy groups -OCH3 is 1. The minimum absolute atomic E-state index is 0.0430. The molecule has 1 unspecified atom stereocenters. The Morgan fingerprint density at radius 2 is 1.98 bits per heavy atom. The third kappa shape index (κ3) is 6.59. The van der Waals surface area contributed by atoms with E-state index in [4.69, 9.17) is 29.4 Å². The number of nitrogens with zero attached hydrogens (tertiary/aromatic N) is 5. The summed E-state index contributed by atoms with van der Waals surface area (Å²) in [7, 11) is 1.48. The summed E-state index contributed by atoms with van der Waals surface area (Å²) in [6.07, 6.45) is 2.05. The number of likely N-dealkylation sites (tertiary alicyclic amines) is 1. The smallest absolute Gasteiger partial charge is 0.213 e. The fraction of sp³-hybridized carbons (Fsp3) is 0.406. The number of aliphatic hydroxyl groups excluding tert-OH is 1. The first kappa shape index (κ1) is 29.7. The molecule has 0 spiro atoms. The van der Waals surface area contributed by atoms with E-state index in [9.17, 15) is 9.50 Å². The van der Waals surface area contributed by atoms with Crippen molar-refractivity contribution >= 4 is 27.0 Å². The Morgan fingerprint density at radius 1 is 1.16 bits per heavy atom. The van der Waals surface area contributed by atoms with Gasteiger partial charge in [0.05, 0.1) is 36.3 Å². The van der Waals surface area contributed by atoms with Crippen molar-refractivity contribution in [1.29, 1.82) is 5.26 Å². The van der Waals surface area contributed by atoms with Gasteiger partial charge in [-0.15, -0.1) is 0 Å². The average Bonchev–Trinajstić information content (AvgIpc) is 3.35. The Kier molecular flexibility index (Phi) is 9.02. The Balaban J connectivity index is 1.12. The molecule has 2 aromatic heterocycles. The molecule has 6 rings (SSSR count). The van der Waals surface area contributed by atoms with Gasteiger partial charge in [-0.25, -0.2) is 14.4 Å². The first-order chi connectivity index (χ1) is 20.9. The molecule has 43 heavy (non-hydrogen) atoms. The molecule has 0 bridgehead atoms. The van der Waals surface area contributed by atoms with E-state index in [0.29, 0.717) is 36.0 Å². The quantitative estimate of drug-likeness (QED) is 0.222. The van der Waals surface area contributed by atoms with E-state index in [1.165, 1.54) is 13.2 Å². The molecule has 4 heterocycles. The number of rotatable bonds is 10. The van der Waals surface area contributed by atoms with Crippen molar-refractivity contribution < 1.29 is 23.7 Å². The van der Waals surface area contributed by atoms with Gasteiger partial charge in [0.15, 0.2) is 6.29 Å². The molecule has 224 valence electrons. The second-order valence-corrected chi connectivity index (χ2v) is 11.9. The molecule has 0 radical (unpaired) electrons. The number of nitriles is 1. The van der Waals surface area contributed by atoms with Gasteiger partial charge >= 0.3 is 0 Å². The van der Waals surface area contributed by atoms with Gasteiger partial charge < -0.3 is 23.9 Å². The van der Waals surface area contributed by atoms with Crippen molar-refractivity contribution in [2.45, 2.75) is 57.3 Å². The van der Waals surface area contributed by atoms with Crippen LogP contribution >= 0.6 is 15.9 Å². The zero-order chi connectivity index (χ0) is 29.9. The Labute approximate surface area is 258 Å². The summed E-state index contributed by atoms with van der Waals surface area (Å²) in [4.78, 5) is 12.2. The molecule has 0 aliphatic carbocycles. The SMILES string of the molecule is COC(O)c1cc(Br)c2nc(CN3CCC(c4cccc(OCc5ccc(C#N)cc5F)n4)CC3)n(C[C@@H]3CCO3)c2c1. The molecule has 4 aromatic rings. The number of imidazole rings is 1. The highest BCUT2D eigenvalue weighted by Crippen LogP contribution is 2.33. The third-order valence-electron chi connectivity index (χ3n) is 8.27. The van der Waals surface area contributed by atoms with Crippen LogP contribution in [0.5, 0.6) is 5.88 Å². The fourth-order valence-corrected chi connectivity index (χ4v) is 6.25. The predicted molar refractivity (Wildman–Crippen MR) is 161 cm³/mol. The lowest BCUT2D eigenvalue weighted by atomic mass is 9.93. The van der Waals surface area contributed by atoms with E-state index in [1.807, 2.05) is 30.3 Å². The fourth-order valence-electron chi connectivity index (χ4n) is 5.70. The van der Waals surface area contributed by atoms with Crippen molar-refractivity contribution in [3.63, 3.8) is 0 Å². The minimum atomic E-state index is -1.01. The number of piperidine rings is 1. The van der Waals surface area contributed by atoms with Gasteiger partial charge in [0.25, 0.3) is 0 Å². The lowest BCUT2D eigenvalue weighted by Gasteiger charge is -2.32. The lowest BCUT2D eigenvalue weighted by molar-refractivity contribution is -0.0769. The van der Waals surface area contributed by atoms with Crippen LogP contribution in [0.15, 0.2) is 53.0 Å². The summed E-state index contributed by atoms with van der Waals surface area (Å²) in [6.45, 7) is 4.03. The van der Waals surface area contributed by atoms with E-state index in [0.717, 1.165) is 66.0 Å². The number of aliphatic hydroxyl groups is 1. The monoisotopic (exact) mass is 649 g/mol. The van der Waals surface area contributed by atoms with E-state index in [2.05, 4.69) is 25.4 Å². The molecule has 2 saturated heterocycles. The van der Waals surface area contributed by atoms with Crippen molar-refractivity contribution in [2.24, 2.45) is 0 Å². The Hall–Kier alpha value is -3.40. The van der Waals surface area contributed by atoms with Gasteiger partial charge in [-0.2, -0.15) is 5.26 Å². The second-order valence-electron chi connectivity index (χ2n) is 11.0. The molecular weight excluding hydrogens is 617 g/mol. The normalized spacial score (nSPS) is 18.3. The van der Waals surface area contributed by atoms with Crippen LogP contribution in [0.2, 0.25) is 0 Å². The standard InChI is InChI=1S/C32H33BrFN5O4/c1-41-32(40)23-14-25(33)31-28(15-23)39(17-24-9-12-42-24)29(37-31)18-38-10-7-21(8-11-38)27-3-2-4-30(36-27)43-19-22-6-5-20(16-35)13-26(22)34/h2-6,13-15,21,24,32,40H,7-12,17-19H2,1H3/t24-,32?/m0/s1. The predicted octanol–water partition coefficient (Wildman–Crippen LogP) is 5.59. The lowest BCUT2D eigenvalue weighted by Crippen LogP contribution is -2.35. The van der Waals surface area contributed by atoms with E-state index < -0.39 is 12.1 Å². The van der Waals surface area contributed by atoms with E-state index >= 15 is 0 Å². The van der Waals surface area contributed by atoms with Crippen molar-refractivity contribution in [3.8, 4) is 11.9 Å². The summed E-state index contributed by atoms with van der Waals surface area (Å²) >= 11 is 3.65. The number of benzene rings is 2. The molecule has 2 atom stereocenters. The maximum absolute atomic E-state index is 14.3. The van der Waals surface area contributed by atoms with Crippen molar-refractivity contribution in [2.75, 3.05) is 26.8 Å². The molecule has 2 fully saturated rings. The van der Waals surface area contributed by atoms with Crippen LogP contribution in [0.3, 0.4) is 0 Å². The second kappa shape index (κ2) is 13.1. The number of hydrogen-bond donors (Lipinski definition) is 1. The molecule has 2 aromatic carbocycles. The molecular formula is C32H33BrFN5O4. The molecule has 0 saturated carbocycles. The largest absolute Gasteiger partial charge is 0.473 e. The van der Waals surface area contributed by atoms with Gasteiger partial charge in [-0.1, -0.05) is 12.1 Å². The van der Waals surface area contributed by atoms with Gasteiger partial charge in [-0.05, 0) is 78.6 Å². The van der Waals surface area contributed by atoms with Crippen molar-refractivity contribution in [1.82, 2.24) is 19.4 Å². The van der Waals surface area contributed by atoms with Crippen LogP contribution in [0, 0.1) is 17.1 Å². The summed E-state index contributed by atoms with van der Waals surface area (Å²) in [5.74, 6) is 1.26. The number of aromatic nitrogens is 3. The highest BCUT2D eigenvalue weighted by atomic mass is 79.9. The summed E-state index contributed by atoms with van der Waals surface area (Å²) in [6, 6.07) is 15.8. The van der Waals surface area contributed by atoms with E-state index in [-0.39, 0.29) is 18.3 Å². The van der Waals surface area contributed by atoms with Gasteiger partial charge in [-0.3, -0.25) is 4.90 Å². The zero-order valence-electron chi connectivity index (χ0n) is 23.9. The van der Waals surface area contributed by atoms with Gasteiger partial charge in [0.2, 0.25) is 5.88 Å². The topological polar surface area (TPSA) is 106 Å². The molecule has 2 aliphatic heterocycles. The first-order valence-corrected chi connectivity index (χ1v) is 15.2. The Bertz CT molecular complexity index is 1650. The maximum atomic E-state index is 14.3. The van der Waals surface area contributed by atoms with Gasteiger partial charge in [0.1, 0.15) is 23.8 Å². The molecule has 1 N–H and O–H groups in total. The zero-order valence-corrected chi connectivity index (χ0v) is 25.5. The number of pyridine rings is 1. The summed E-state index contributed by atoms with van der Waals surface area (Å²) in [5, 5.41) is 19.3. The average molecular weight is 651 g/mol. The van der Waals surface area contributed by atoms with Crippen LogP contribution in [0.4, 0.5) is 4.39 Å². The highest BCUT2D eigenvalue weighted by molar-refractivity contribution is 9.10. The molecule has 9 nitrogen and oxygen atoms in total. The summed E-state index contributed by atoms with van der Waals surface area (Å²) in [5.41, 5.74) is 4.11. The highest BCUT2D eigenvalue weighted by Gasteiger charge is 2.27. The number of ether oxygens (including phenoxy) is 3. The molecule has 0 amide bonds. The van der Waals surface area contributed by atoms with E-state index in [1.54, 1.807) is 18.2 Å². The van der Waals surface area contributed by atoms with Gasteiger partial charge in [0, 0.05) is 47.0 Å². The van der Waals surface area contributed by atoms with Crippen LogP contribution in [0.25, 0.3) is 11.0 Å². The van der Waals surface area contributed by atoms with Crippen LogP contribution < -0.4 is 4.74 Å². The number of fused-ring (bicyclic) bond motifs is 1.